The Balaban J connectivity index is 1.29. The van der Waals surface area contributed by atoms with Crippen molar-refractivity contribution in [3.05, 3.63) is 71.8 Å². The van der Waals surface area contributed by atoms with Crippen molar-refractivity contribution in [2.45, 2.75) is 87.9 Å². The summed E-state index contributed by atoms with van der Waals surface area (Å²) in [5.41, 5.74) is 20.9. The maximum Gasteiger partial charge on any atom is 0.181 e. The lowest BCUT2D eigenvalue weighted by Crippen LogP contribution is -2.50. The van der Waals surface area contributed by atoms with Gasteiger partial charge in [-0.2, -0.15) is 0 Å². The Labute approximate surface area is 310 Å². The summed E-state index contributed by atoms with van der Waals surface area (Å²) in [6.45, 7) is 0. The van der Waals surface area contributed by atoms with E-state index in [0.717, 1.165) is 49.7 Å². The first kappa shape index (κ1) is 32.7. The van der Waals surface area contributed by atoms with Gasteiger partial charge in [0.05, 0.1) is 17.1 Å². The van der Waals surface area contributed by atoms with Crippen LogP contribution in [0.25, 0.3) is 0 Å². The zero-order valence-corrected chi connectivity index (χ0v) is 30.0. The quantitative estimate of drug-likeness (QED) is 0.0769. The van der Waals surface area contributed by atoms with Crippen molar-refractivity contribution in [3.8, 4) is 51.7 Å². The minimum Gasteiger partial charge on any atom is -0.503 e. The Morgan fingerprint density at radius 3 is 1.23 bits per heavy atom. The van der Waals surface area contributed by atoms with Crippen LogP contribution in [0.15, 0.2) is 60.7 Å². The van der Waals surface area contributed by atoms with E-state index >= 15 is 0 Å². The van der Waals surface area contributed by atoms with Crippen LogP contribution in [0.2, 0.25) is 0 Å². The second-order valence-electron chi connectivity index (χ2n) is 17.7. The van der Waals surface area contributed by atoms with Crippen LogP contribution in [0.4, 0.5) is 17.1 Å². The van der Waals surface area contributed by atoms with Crippen molar-refractivity contribution in [2.24, 2.45) is 35.5 Å². The molecule has 9 nitrogen and oxygen atoms in total. The normalized spacial score (nSPS) is 31.8. The van der Waals surface area contributed by atoms with Gasteiger partial charge < -0.3 is 46.7 Å². The largest absolute Gasteiger partial charge is 0.503 e. The molecular weight excluding hydrogens is 666 g/mol. The highest BCUT2D eigenvalue weighted by atomic mass is 16.5. The maximum atomic E-state index is 11.4. The lowest BCUT2D eigenvalue weighted by Gasteiger charge is -2.59. The average Bonchev–Trinajstić information content (AvgIpc) is 3.10. The molecular formula is C44H49N3O6. The highest BCUT2D eigenvalue weighted by Crippen LogP contribution is 2.69. The van der Waals surface area contributed by atoms with Gasteiger partial charge in [-0.3, -0.25) is 0 Å². The number of aromatic hydroxyl groups is 3. The van der Waals surface area contributed by atoms with Gasteiger partial charge in [-0.25, -0.2) is 0 Å². The van der Waals surface area contributed by atoms with Gasteiger partial charge >= 0.3 is 0 Å². The molecule has 9 N–H and O–H groups in total. The van der Waals surface area contributed by atoms with E-state index in [1.54, 1.807) is 54.6 Å². The Morgan fingerprint density at radius 1 is 0.453 bits per heavy atom. The molecule has 0 heterocycles. The molecule has 0 spiro atoms. The minimum absolute atomic E-state index is 0.0959. The second kappa shape index (κ2) is 11.8. The van der Waals surface area contributed by atoms with E-state index < -0.39 is 0 Å². The first-order chi connectivity index (χ1) is 25.6. The van der Waals surface area contributed by atoms with Crippen LogP contribution in [0, 0.1) is 35.5 Å². The molecule has 0 saturated heterocycles. The fourth-order valence-corrected chi connectivity index (χ4v) is 12.8. The Bertz CT molecular complexity index is 2060. The number of phenols is 3. The van der Waals surface area contributed by atoms with Crippen molar-refractivity contribution in [1.29, 1.82) is 0 Å². The molecule has 8 aliphatic rings. The van der Waals surface area contributed by atoms with Gasteiger partial charge in [0, 0.05) is 16.5 Å². The van der Waals surface area contributed by atoms with Crippen LogP contribution in [-0.2, 0) is 10.8 Å². The smallest absolute Gasteiger partial charge is 0.181 e. The SMILES string of the molecule is Nc1cccc(Oc2cc(C34CC5CC(CC(C5)C3)C4)c(Oc3cccc(N)c3O)c(C34CC5CC(CC(C5)C3)C4)c2Oc2cccc(N)c2O)c1O. The Morgan fingerprint density at radius 2 is 0.811 bits per heavy atom. The number of anilines is 3. The van der Waals surface area contributed by atoms with Crippen LogP contribution in [0.3, 0.4) is 0 Å². The minimum atomic E-state index is -0.320. The summed E-state index contributed by atoms with van der Waals surface area (Å²) >= 11 is 0. The number of benzene rings is 4. The number of para-hydroxylation sites is 3. The third-order valence-electron chi connectivity index (χ3n) is 14.1. The monoisotopic (exact) mass is 715 g/mol. The van der Waals surface area contributed by atoms with E-state index in [1.807, 2.05) is 0 Å². The lowest BCUT2D eigenvalue weighted by molar-refractivity contribution is -0.0107. The number of hydrogen-bond donors (Lipinski definition) is 6. The van der Waals surface area contributed by atoms with Crippen molar-refractivity contribution in [1.82, 2.24) is 0 Å². The molecule has 8 bridgehead atoms. The van der Waals surface area contributed by atoms with Crippen molar-refractivity contribution in [2.75, 3.05) is 17.2 Å². The fourth-order valence-electron chi connectivity index (χ4n) is 12.8. The van der Waals surface area contributed by atoms with Gasteiger partial charge in [0.1, 0.15) is 5.75 Å². The first-order valence-electron chi connectivity index (χ1n) is 19.5. The van der Waals surface area contributed by atoms with Crippen molar-refractivity contribution in [3.63, 3.8) is 0 Å². The van der Waals surface area contributed by atoms with E-state index in [0.29, 0.717) is 58.5 Å². The molecule has 8 aliphatic carbocycles. The van der Waals surface area contributed by atoms with Crippen molar-refractivity contribution >= 4 is 17.1 Å². The van der Waals surface area contributed by atoms with Gasteiger partial charge in [-0.15, -0.1) is 0 Å². The highest BCUT2D eigenvalue weighted by Gasteiger charge is 2.57. The van der Waals surface area contributed by atoms with Crippen LogP contribution in [0.5, 0.6) is 51.7 Å². The van der Waals surface area contributed by atoms with Crippen LogP contribution < -0.4 is 31.4 Å². The average molecular weight is 716 g/mol. The molecule has 4 aromatic rings. The van der Waals surface area contributed by atoms with Gasteiger partial charge in [-0.05, 0) is 160 Å². The standard InChI is InChI=1S/C44H49N3O6/c45-30-4-1-7-33(38(30)48)51-36-16-29(43-17-23-10-24(18-43)12-25(11-23)19-43)41(52-34-8-2-5-31(46)39(34)49)37(42(36)53-35-9-3-6-32(47)40(35)50)44-20-26-13-27(21-44)15-28(14-26)22-44/h1-9,16,23-28,48-50H,10-15,17-22,45-47H2. The summed E-state index contributed by atoms with van der Waals surface area (Å²) < 4.78 is 21.0. The first-order valence-corrected chi connectivity index (χ1v) is 19.5. The maximum absolute atomic E-state index is 11.4. The van der Waals surface area contributed by atoms with Crippen molar-refractivity contribution < 1.29 is 29.5 Å². The predicted octanol–water partition coefficient (Wildman–Crippen LogP) is 9.86. The van der Waals surface area contributed by atoms with E-state index in [9.17, 15) is 15.3 Å². The zero-order valence-electron chi connectivity index (χ0n) is 30.0. The van der Waals surface area contributed by atoms with E-state index in [-0.39, 0.29) is 56.6 Å². The molecule has 0 atom stereocenters. The number of nitrogens with two attached hydrogens (primary N) is 3. The zero-order chi connectivity index (χ0) is 36.2. The predicted molar refractivity (Wildman–Crippen MR) is 204 cm³/mol. The number of nitrogen functional groups attached to an aromatic ring is 3. The number of rotatable bonds is 8. The third-order valence-corrected chi connectivity index (χ3v) is 14.1. The van der Waals surface area contributed by atoms with E-state index in [1.165, 1.54) is 38.5 Å². The molecule has 0 radical (unpaired) electrons. The van der Waals surface area contributed by atoms with E-state index in [4.69, 9.17) is 31.4 Å². The van der Waals surface area contributed by atoms with Crippen LogP contribution >= 0.6 is 0 Å². The number of ether oxygens (including phenoxy) is 3. The second-order valence-corrected chi connectivity index (χ2v) is 17.7. The van der Waals surface area contributed by atoms with Crippen LogP contribution in [0.1, 0.15) is 88.2 Å². The molecule has 0 amide bonds. The van der Waals surface area contributed by atoms with Gasteiger partial charge in [0.2, 0.25) is 0 Å². The third kappa shape index (κ3) is 5.24. The molecule has 9 heteroatoms. The summed E-state index contributed by atoms with van der Waals surface area (Å²) in [7, 11) is 0. The molecule has 4 aromatic carbocycles. The number of phenolic OH excluding ortho intramolecular Hbond substituents is 3. The van der Waals surface area contributed by atoms with E-state index in [2.05, 4.69) is 6.07 Å². The fraction of sp³-hybridized carbons (Fsp3) is 0.455. The molecule has 12 rings (SSSR count). The summed E-state index contributed by atoms with van der Waals surface area (Å²) in [6.07, 6.45) is 13.6. The number of hydrogen-bond acceptors (Lipinski definition) is 9. The lowest BCUT2D eigenvalue weighted by atomic mass is 9.46. The Hall–Kier alpha value is -4.92. The molecule has 8 saturated carbocycles. The summed E-state index contributed by atoms with van der Waals surface area (Å²) in [6, 6.07) is 17.5. The summed E-state index contributed by atoms with van der Waals surface area (Å²) in [4.78, 5) is 0. The summed E-state index contributed by atoms with van der Waals surface area (Å²) in [5, 5.41) is 33.9. The molecule has 0 aliphatic heterocycles. The molecule has 276 valence electrons. The highest BCUT2D eigenvalue weighted by molar-refractivity contribution is 5.70. The van der Waals surface area contributed by atoms with Gasteiger partial charge in [0.25, 0.3) is 0 Å². The molecule has 53 heavy (non-hydrogen) atoms. The van der Waals surface area contributed by atoms with Crippen LogP contribution in [-0.4, -0.2) is 15.3 Å². The topological polar surface area (TPSA) is 166 Å². The Kier molecular flexibility index (Phi) is 7.28. The van der Waals surface area contributed by atoms with Gasteiger partial charge in [-0.1, -0.05) is 18.2 Å². The molecule has 0 unspecified atom stereocenters. The molecule has 8 fully saturated rings. The van der Waals surface area contributed by atoms with Gasteiger partial charge in [0.15, 0.2) is 46.0 Å². The summed E-state index contributed by atoms with van der Waals surface area (Å²) in [5.74, 6) is 5.49. The molecule has 0 aromatic heterocycles.